The van der Waals surface area contributed by atoms with E-state index in [2.05, 4.69) is 54.0 Å². The second kappa shape index (κ2) is 10.6. The number of halogens is 1. The highest BCUT2D eigenvalue weighted by molar-refractivity contribution is 6.33. The SMILES string of the molecule is C=C(Nc1c(Cl)ccnc1C)/C(C)=C/N=C(C)Nc1cc(N2CCN(C)CC2)nc(C)n1. The Bertz CT molecular complexity index is 1020. The van der Waals surface area contributed by atoms with Gasteiger partial charge >= 0.3 is 0 Å². The minimum atomic E-state index is 0.600. The molecule has 2 aromatic heterocycles. The summed E-state index contributed by atoms with van der Waals surface area (Å²) in [5.41, 5.74) is 3.14. The third-order valence-corrected chi connectivity index (χ3v) is 5.57. The molecular weight excluding hydrogens is 424 g/mol. The van der Waals surface area contributed by atoms with Gasteiger partial charge in [0.2, 0.25) is 0 Å². The fraction of sp³-hybridized carbons (Fsp3) is 0.391. The number of hydrogen-bond acceptors (Lipinski definition) is 7. The van der Waals surface area contributed by atoms with Crippen LogP contribution in [0.15, 0.2) is 47.4 Å². The van der Waals surface area contributed by atoms with Gasteiger partial charge in [-0.25, -0.2) is 15.0 Å². The Kier molecular flexibility index (Phi) is 7.82. The van der Waals surface area contributed by atoms with E-state index in [9.17, 15) is 0 Å². The highest BCUT2D eigenvalue weighted by Crippen LogP contribution is 2.26. The van der Waals surface area contributed by atoms with E-state index >= 15 is 0 Å². The van der Waals surface area contributed by atoms with Gasteiger partial charge in [-0.2, -0.15) is 0 Å². The summed E-state index contributed by atoms with van der Waals surface area (Å²) in [6.45, 7) is 15.7. The second-order valence-corrected chi connectivity index (χ2v) is 8.36. The largest absolute Gasteiger partial charge is 0.354 e. The Labute approximate surface area is 195 Å². The predicted molar refractivity (Wildman–Crippen MR) is 134 cm³/mol. The van der Waals surface area contributed by atoms with Crippen LogP contribution in [0.3, 0.4) is 0 Å². The molecule has 0 radical (unpaired) electrons. The molecule has 0 spiro atoms. The summed E-state index contributed by atoms with van der Waals surface area (Å²) in [5, 5.41) is 7.10. The maximum absolute atomic E-state index is 6.27. The van der Waals surface area contributed by atoms with Crippen molar-refractivity contribution in [3.8, 4) is 0 Å². The number of likely N-dealkylation sites (N-methyl/N-ethyl adjacent to an activating group) is 1. The number of hydrogen-bond donors (Lipinski definition) is 2. The minimum Gasteiger partial charge on any atom is -0.354 e. The lowest BCUT2D eigenvalue weighted by Crippen LogP contribution is -2.44. The Hall–Kier alpha value is -2.97. The number of aliphatic imine (C=N–C) groups is 1. The fourth-order valence-electron chi connectivity index (χ4n) is 3.24. The van der Waals surface area contributed by atoms with E-state index in [1.54, 1.807) is 18.5 Å². The van der Waals surface area contributed by atoms with E-state index in [1.165, 1.54) is 0 Å². The lowest BCUT2D eigenvalue weighted by atomic mass is 10.2. The first-order valence-corrected chi connectivity index (χ1v) is 11.0. The second-order valence-electron chi connectivity index (χ2n) is 7.96. The molecule has 1 aliphatic heterocycles. The van der Waals surface area contributed by atoms with Crippen molar-refractivity contribution >= 4 is 34.8 Å². The smallest absolute Gasteiger partial charge is 0.137 e. The summed E-state index contributed by atoms with van der Waals surface area (Å²) >= 11 is 6.27. The van der Waals surface area contributed by atoms with Gasteiger partial charge in [-0.3, -0.25) is 4.98 Å². The summed E-state index contributed by atoms with van der Waals surface area (Å²) < 4.78 is 0. The zero-order chi connectivity index (χ0) is 23.3. The molecule has 0 aromatic carbocycles. The Morgan fingerprint density at radius 2 is 1.88 bits per heavy atom. The van der Waals surface area contributed by atoms with E-state index < -0.39 is 0 Å². The first-order valence-electron chi connectivity index (χ1n) is 10.6. The molecule has 2 aromatic rings. The molecule has 8 nitrogen and oxygen atoms in total. The highest BCUT2D eigenvalue weighted by atomic mass is 35.5. The zero-order valence-corrected chi connectivity index (χ0v) is 20.2. The van der Waals surface area contributed by atoms with Gasteiger partial charge in [-0.15, -0.1) is 0 Å². The standard InChI is InChI=1S/C23H31ClN8/c1-15(16(2)27-23-17(3)25-8-7-20(23)24)14-26-18(4)28-21-13-22(30-19(5)29-21)32-11-9-31(6)10-12-32/h7-8,13-14,27H,2,9-12H2,1,3-6H3,(H,26,28,29,30)/b15-14+. The van der Waals surface area contributed by atoms with Gasteiger partial charge in [0.15, 0.2) is 0 Å². The maximum atomic E-state index is 6.27. The first-order chi connectivity index (χ1) is 15.2. The monoisotopic (exact) mass is 454 g/mol. The fourth-order valence-corrected chi connectivity index (χ4v) is 3.48. The molecular formula is C23H31ClN8. The summed E-state index contributed by atoms with van der Waals surface area (Å²) in [4.78, 5) is 22.5. The van der Waals surface area contributed by atoms with Crippen molar-refractivity contribution in [3.63, 3.8) is 0 Å². The van der Waals surface area contributed by atoms with E-state index in [4.69, 9.17) is 11.6 Å². The first kappa shape index (κ1) is 23.7. The van der Waals surface area contributed by atoms with Crippen LogP contribution in [0, 0.1) is 13.8 Å². The molecule has 0 aliphatic carbocycles. The van der Waals surface area contributed by atoms with Gasteiger partial charge in [-0.1, -0.05) is 18.2 Å². The molecule has 1 saturated heterocycles. The number of aryl methyl sites for hydroxylation is 2. The van der Waals surface area contributed by atoms with Crippen LogP contribution in [0.4, 0.5) is 17.3 Å². The van der Waals surface area contributed by atoms with Gasteiger partial charge < -0.3 is 20.4 Å². The van der Waals surface area contributed by atoms with E-state index in [1.807, 2.05) is 33.8 Å². The van der Waals surface area contributed by atoms with E-state index in [-0.39, 0.29) is 0 Å². The van der Waals surface area contributed by atoms with Crippen LogP contribution in [-0.2, 0) is 0 Å². The number of nitrogens with one attached hydrogen (secondary N) is 2. The van der Waals surface area contributed by atoms with Crippen LogP contribution in [0.1, 0.15) is 25.4 Å². The maximum Gasteiger partial charge on any atom is 0.137 e. The van der Waals surface area contributed by atoms with E-state index in [0.717, 1.165) is 66.4 Å². The topological polar surface area (TPSA) is 81.6 Å². The summed E-state index contributed by atoms with van der Waals surface area (Å²) in [7, 11) is 2.14. The normalized spacial score (nSPS) is 15.6. The third kappa shape index (κ3) is 6.27. The van der Waals surface area contributed by atoms with Crippen LogP contribution in [-0.4, -0.2) is 58.9 Å². The number of anilines is 3. The third-order valence-electron chi connectivity index (χ3n) is 5.25. The van der Waals surface area contributed by atoms with Crippen LogP contribution < -0.4 is 15.5 Å². The molecule has 0 unspecified atom stereocenters. The highest BCUT2D eigenvalue weighted by Gasteiger charge is 2.16. The minimum absolute atomic E-state index is 0.600. The molecule has 0 amide bonds. The molecule has 170 valence electrons. The number of allylic oxidation sites excluding steroid dienone is 1. The Balaban J connectivity index is 1.67. The van der Waals surface area contributed by atoms with E-state index in [0.29, 0.717) is 10.7 Å². The average Bonchev–Trinajstić information content (AvgIpc) is 2.74. The molecule has 3 heterocycles. The van der Waals surface area contributed by atoms with Crippen molar-refractivity contribution < 1.29 is 0 Å². The van der Waals surface area contributed by atoms with Crippen LogP contribution >= 0.6 is 11.6 Å². The molecule has 32 heavy (non-hydrogen) atoms. The van der Waals surface area contributed by atoms with Crippen molar-refractivity contribution in [1.82, 2.24) is 19.9 Å². The number of amidine groups is 1. The van der Waals surface area contributed by atoms with Gasteiger partial charge in [0, 0.05) is 50.3 Å². The van der Waals surface area contributed by atoms with Crippen molar-refractivity contribution in [2.24, 2.45) is 4.99 Å². The van der Waals surface area contributed by atoms with Gasteiger partial charge in [-0.05, 0) is 46.4 Å². The van der Waals surface area contributed by atoms with Gasteiger partial charge in [0.05, 0.1) is 16.4 Å². The molecule has 0 atom stereocenters. The lowest BCUT2D eigenvalue weighted by Gasteiger charge is -2.33. The van der Waals surface area contributed by atoms with Crippen LogP contribution in [0.5, 0.6) is 0 Å². The molecule has 9 heteroatoms. The summed E-state index contributed by atoms with van der Waals surface area (Å²) in [6.07, 6.45) is 3.43. The number of aromatic nitrogens is 3. The van der Waals surface area contributed by atoms with Crippen molar-refractivity contribution in [2.75, 3.05) is 48.8 Å². The number of rotatable bonds is 6. The Morgan fingerprint density at radius 3 is 2.56 bits per heavy atom. The van der Waals surface area contributed by atoms with Crippen LogP contribution in [0.25, 0.3) is 0 Å². The van der Waals surface area contributed by atoms with Gasteiger partial charge in [0.1, 0.15) is 23.3 Å². The Morgan fingerprint density at radius 1 is 1.16 bits per heavy atom. The van der Waals surface area contributed by atoms with Gasteiger partial charge in [0.25, 0.3) is 0 Å². The molecule has 0 bridgehead atoms. The van der Waals surface area contributed by atoms with Crippen molar-refractivity contribution in [1.29, 1.82) is 0 Å². The zero-order valence-electron chi connectivity index (χ0n) is 19.4. The lowest BCUT2D eigenvalue weighted by molar-refractivity contribution is 0.312. The molecule has 3 rings (SSSR count). The van der Waals surface area contributed by atoms with Crippen molar-refractivity contribution in [3.05, 3.63) is 58.9 Å². The number of pyridine rings is 1. The quantitative estimate of drug-likeness (QED) is 0.383. The average molecular weight is 455 g/mol. The summed E-state index contributed by atoms with van der Waals surface area (Å²) in [5.74, 6) is 3.11. The number of piperazine rings is 1. The van der Waals surface area contributed by atoms with Crippen molar-refractivity contribution in [2.45, 2.75) is 27.7 Å². The molecule has 1 aliphatic rings. The predicted octanol–water partition coefficient (Wildman–Crippen LogP) is 4.25. The summed E-state index contributed by atoms with van der Waals surface area (Å²) in [6, 6.07) is 3.72. The number of nitrogens with zero attached hydrogens (tertiary/aromatic N) is 6. The molecule has 2 N–H and O–H groups in total. The molecule has 0 saturated carbocycles. The van der Waals surface area contributed by atoms with Crippen LogP contribution in [0.2, 0.25) is 5.02 Å². The molecule has 1 fully saturated rings.